The molecule has 1 heterocycles. The molecule has 1 aromatic carbocycles. The number of likely N-dealkylation sites (tertiary alicyclic amines) is 1. The van der Waals surface area contributed by atoms with Crippen LogP contribution in [0.3, 0.4) is 0 Å². The lowest BCUT2D eigenvalue weighted by atomic mass is 9.99. The number of hydrogen-bond acceptors (Lipinski definition) is 3. The summed E-state index contributed by atoms with van der Waals surface area (Å²) < 4.78 is 0. The summed E-state index contributed by atoms with van der Waals surface area (Å²) in [5, 5.41) is 12.4. The van der Waals surface area contributed by atoms with Gasteiger partial charge in [0.05, 0.1) is 0 Å². The van der Waals surface area contributed by atoms with Crippen molar-refractivity contribution in [2.75, 3.05) is 18.4 Å². The van der Waals surface area contributed by atoms with Crippen LogP contribution in [0.2, 0.25) is 5.02 Å². The molecule has 0 radical (unpaired) electrons. The molecule has 1 N–H and O–H groups in total. The van der Waals surface area contributed by atoms with Crippen LogP contribution in [0.25, 0.3) is 0 Å². The summed E-state index contributed by atoms with van der Waals surface area (Å²) in [7, 11) is 0. The van der Waals surface area contributed by atoms with Gasteiger partial charge in [0.25, 0.3) is 5.91 Å². The van der Waals surface area contributed by atoms with Gasteiger partial charge < -0.3 is 10.2 Å². The summed E-state index contributed by atoms with van der Waals surface area (Å²) >= 11 is 5.87. The van der Waals surface area contributed by atoms with Gasteiger partial charge in [-0.15, -0.1) is 0 Å². The lowest BCUT2D eigenvalue weighted by Crippen LogP contribution is -2.29. The lowest BCUT2D eigenvalue weighted by molar-refractivity contribution is -0.112. The average Bonchev–Trinajstić information content (AvgIpc) is 2.46. The van der Waals surface area contributed by atoms with E-state index in [1.54, 1.807) is 30.5 Å². The second-order valence-corrected chi connectivity index (χ2v) is 5.77. The highest BCUT2D eigenvalue weighted by molar-refractivity contribution is 6.31. The smallest absolute Gasteiger partial charge is 0.267 e. The molecule has 0 aliphatic carbocycles. The first kappa shape index (κ1) is 15.4. The fourth-order valence-corrected chi connectivity index (χ4v) is 2.43. The number of piperidine rings is 1. The highest BCUT2D eigenvalue weighted by atomic mass is 35.5. The summed E-state index contributed by atoms with van der Waals surface area (Å²) in [5.74, 6) is 0.305. The molecule has 2 rings (SSSR count). The third-order valence-corrected chi connectivity index (χ3v) is 3.81. The second kappa shape index (κ2) is 7.14. The zero-order chi connectivity index (χ0) is 15.2. The average molecular weight is 304 g/mol. The molecule has 1 aliphatic heterocycles. The Morgan fingerprint density at radius 2 is 2.19 bits per heavy atom. The first-order valence-electron chi connectivity index (χ1n) is 7.01. The molecule has 4 nitrogen and oxygen atoms in total. The molecule has 5 heteroatoms. The van der Waals surface area contributed by atoms with E-state index in [2.05, 4.69) is 12.2 Å². The predicted molar refractivity (Wildman–Crippen MR) is 83.7 cm³/mol. The second-order valence-electron chi connectivity index (χ2n) is 5.34. The molecule has 21 heavy (non-hydrogen) atoms. The number of nitrogens with zero attached hydrogens (tertiary/aromatic N) is 2. The van der Waals surface area contributed by atoms with Crippen LogP contribution >= 0.6 is 11.6 Å². The van der Waals surface area contributed by atoms with Gasteiger partial charge in [-0.2, -0.15) is 5.26 Å². The standard InChI is InChI=1S/C16H18ClN3O/c1-12-5-7-20(8-6-12)11-13(10-18)16(21)19-15-4-2-3-14(17)9-15/h2-4,9,11-12H,5-8H2,1H3,(H,19,21). The van der Waals surface area contributed by atoms with Crippen LogP contribution in [0.15, 0.2) is 36.0 Å². The fraction of sp³-hybridized carbons (Fsp3) is 0.375. The normalized spacial score (nSPS) is 16.4. The van der Waals surface area contributed by atoms with Crippen LogP contribution in [-0.4, -0.2) is 23.9 Å². The topological polar surface area (TPSA) is 56.1 Å². The largest absolute Gasteiger partial charge is 0.376 e. The van der Waals surface area contributed by atoms with Crippen LogP contribution in [0.5, 0.6) is 0 Å². The lowest BCUT2D eigenvalue weighted by Gasteiger charge is -2.29. The third-order valence-electron chi connectivity index (χ3n) is 3.58. The molecule has 1 aromatic rings. The van der Waals surface area contributed by atoms with E-state index >= 15 is 0 Å². The van der Waals surface area contributed by atoms with E-state index in [-0.39, 0.29) is 5.57 Å². The maximum absolute atomic E-state index is 12.1. The molecule has 1 amide bonds. The molecule has 0 saturated carbocycles. The van der Waals surface area contributed by atoms with Crippen molar-refractivity contribution in [1.82, 2.24) is 4.90 Å². The monoisotopic (exact) mass is 303 g/mol. The van der Waals surface area contributed by atoms with Crippen LogP contribution in [0, 0.1) is 17.2 Å². The minimum absolute atomic E-state index is 0.115. The molecule has 0 unspecified atom stereocenters. The van der Waals surface area contributed by atoms with Gasteiger partial charge in [0.1, 0.15) is 11.6 Å². The number of benzene rings is 1. The van der Waals surface area contributed by atoms with E-state index in [0.717, 1.165) is 25.9 Å². The minimum atomic E-state index is -0.404. The Morgan fingerprint density at radius 1 is 1.48 bits per heavy atom. The molecule has 1 fully saturated rings. The van der Waals surface area contributed by atoms with E-state index in [1.165, 1.54) is 0 Å². The van der Waals surface area contributed by atoms with Gasteiger partial charge >= 0.3 is 0 Å². The summed E-state index contributed by atoms with van der Waals surface area (Å²) in [6.45, 7) is 3.99. The molecule has 0 atom stereocenters. The Balaban J connectivity index is 2.03. The van der Waals surface area contributed by atoms with Crippen molar-refractivity contribution in [1.29, 1.82) is 5.26 Å². The van der Waals surface area contributed by atoms with Crippen molar-refractivity contribution in [2.45, 2.75) is 19.8 Å². The Morgan fingerprint density at radius 3 is 2.81 bits per heavy atom. The van der Waals surface area contributed by atoms with Gasteiger partial charge in [-0.3, -0.25) is 4.79 Å². The minimum Gasteiger partial charge on any atom is -0.376 e. The summed E-state index contributed by atoms with van der Waals surface area (Å²) in [6.07, 6.45) is 3.84. The zero-order valence-electron chi connectivity index (χ0n) is 12.0. The highest BCUT2D eigenvalue weighted by Crippen LogP contribution is 2.18. The van der Waals surface area contributed by atoms with Crippen LogP contribution in [-0.2, 0) is 4.79 Å². The highest BCUT2D eigenvalue weighted by Gasteiger charge is 2.16. The molecule has 0 spiro atoms. The zero-order valence-corrected chi connectivity index (χ0v) is 12.7. The predicted octanol–water partition coefficient (Wildman–Crippen LogP) is 3.42. The van der Waals surface area contributed by atoms with Gasteiger partial charge in [-0.25, -0.2) is 0 Å². The third kappa shape index (κ3) is 4.51. The molecule has 110 valence electrons. The van der Waals surface area contributed by atoms with Gasteiger partial charge in [0.15, 0.2) is 0 Å². The van der Waals surface area contributed by atoms with Crippen molar-refractivity contribution in [3.05, 3.63) is 41.1 Å². The van der Waals surface area contributed by atoms with Gasteiger partial charge in [-0.05, 0) is 37.0 Å². The Kier molecular flexibility index (Phi) is 5.24. The van der Waals surface area contributed by atoms with Crippen molar-refractivity contribution in [2.24, 2.45) is 5.92 Å². The first-order chi connectivity index (χ1) is 10.1. The van der Waals surface area contributed by atoms with Crippen molar-refractivity contribution >= 4 is 23.2 Å². The van der Waals surface area contributed by atoms with Crippen molar-refractivity contribution < 1.29 is 4.79 Å². The Bertz CT molecular complexity index is 583. The number of nitrogens with one attached hydrogen (secondary N) is 1. The van der Waals surface area contributed by atoms with Crippen molar-refractivity contribution in [3.8, 4) is 6.07 Å². The van der Waals surface area contributed by atoms with Gasteiger partial charge in [-0.1, -0.05) is 24.6 Å². The van der Waals surface area contributed by atoms with E-state index in [0.29, 0.717) is 16.6 Å². The van der Waals surface area contributed by atoms with Gasteiger partial charge in [0, 0.05) is 30.0 Å². The number of carbonyl (C=O) groups is 1. The summed E-state index contributed by atoms with van der Waals surface area (Å²) in [5.41, 5.74) is 0.699. The number of hydrogen-bond donors (Lipinski definition) is 1. The fourth-order valence-electron chi connectivity index (χ4n) is 2.24. The quantitative estimate of drug-likeness (QED) is 0.687. The SMILES string of the molecule is CC1CCN(C=C(C#N)C(=O)Nc2cccc(Cl)c2)CC1. The van der Waals surface area contributed by atoms with Gasteiger partial charge in [0.2, 0.25) is 0 Å². The molecule has 1 saturated heterocycles. The van der Waals surface area contributed by atoms with E-state index in [1.807, 2.05) is 11.0 Å². The van der Waals surface area contributed by atoms with Crippen LogP contribution in [0.4, 0.5) is 5.69 Å². The first-order valence-corrected chi connectivity index (χ1v) is 7.39. The van der Waals surface area contributed by atoms with E-state index in [9.17, 15) is 10.1 Å². The van der Waals surface area contributed by atoms with Crippen molar-refractivity contribution in [3.63, 3.8) is 0 Å². The van der Waals surface area contributed by atoms with Crippen LogP contribution < -0.4 is 5.32 Å². The number of halogens is 1. The van der Waals surface area contributed by atoms with E-state index < -0.39 is 5.91 Å². The maximum Gasteiger partial charge on any atom is 0.267 e. The Hall–Kier alpha value is -1.99. The molecular formula is C16H18ClN3O. The molecule has 0 bridgehead atoms. The number of nitriles is 1. The number of carbonyl (C=O) groups excluding carboxylic acids is 1. The van der Waals surface area contributed by atoms with E-state index in [4.69, 9.17) is 11.6 Å². The molecule has 1 aliphatic rings. The number of amides is 1. The Labute approximate surface area is 130 Å². The maximum atomic E-state index is 12.1. The van der Waals surface area contributed by atoms with Crippen LogP contribution in [0.1, 0.15) is 19.8 Å². The molecular weight excluding hydrogens is 286 g/mol. The summed E-state index contributed by atoms with van der Waals surface area (Å²) in [4.78, 5) is 14.2. The molecule has 0 aromatic heterocycles. The number of anilines is 1. The summed E-state index contributed by atoms with van der Waals surface area (Å²) in [6, 6.07) is 8.84. The number of rotatable bonds is 3.